The van der Waals surface area contributed by atoms with Gasteiger partial charge in [-0.15, -0.1) is 0 Å². The minimum atomic E-state index is -4.53. The molecule has 0 heterocycles. The van der Waals surface area contributed by atoms with Crippen molar-refractivity contribution in [2.24, 2.45) is 5.73 Å². The van der Waals surface area contributed by atoms with E-state index >= 15 is 0 Å². The molecule has 0 bridgehead atoms. The maximum absolute atomic E-state index is 12.3. The molecule has 0 aromatic carbocycles. The van der Waals surface area contributed by atoms with E-state index in [0.717, 1.165) is 7.11 Å². The Hall–Kier alpha value is -1.31. The fourth-order valence-corrected chi connectivity index (χ4v) is 1.22. The molecule has 0 saturated carbocycles. The molecule has 0 aromatic heterocycles. The first-order valence-corrected chi connectivity index (χ1v) is 5.39. The number of nitrogens with two attached hydrogens (primary N) is 1. The van der Waals surface area contributed by atoms with Crippen LogP contribution in [0.4, 0.5) is 13.2 Å². The predicted octanol–water partition coefficient (Wildman–Crippen LogP) is 0.678. The van der Waals surface area contributed by atoms with Crippen LogP contribution in [0.5, 0.6) is 0 Å². The van der Waals surface area contributed by atoms with Crippen molar-refractivity contribution >= 4 is 11.9 Å². The molecule has 5 nitrogen and oxygen atoms in total. The van der Waals surface area contributed by atoms with Crippen molar-refractivity contribution in [1.82, 2.24) is 4.90 Å². The first-order chi connectivity index (χ1) is 8.21. The minimum absolute atomic E-state index is 0.228. The lowest BCUT2D eigenvalue weighted by Crippen LogP contribution is -2.47. The topological polar surface area (TPSA) is 72.6 Å². The van der Waals surface area contributed by atoms with E-state index < -0.39 is 30.6 Å². The van der Waals surface area contributed by atoms with Gasteiger partial charge in [-0.2, -0.15) is 13.2 Å². The molecule has 8 heteroatoms. The zero-order valence-electron chi connectivity index (χ0n) is 10.3. The van der Waals surface area contributed by atoms with Crippen LogP contribution in [0, 0.1) is 0 Å². The number of amides is 1. The third-order valence-electron chi connectivity index (χ3n) is 2.25. The highest BCUT2D eigenvalue weighted by Gasteiger charge is 2.34. The number of esters is 1. The fraction of sp³-hybridized carbons (Fsp3) is 0.800. The van der Waals surface area contributed by atoms with Crippen molar-refractivity contribution < 1.29 is 27.5 Å². The summed E-state index contributed by atoms with van der Waals surface area (Å²) >= 11 is 0. The maximum Gasteiger partial charge on any atom is 0.406 e. The van der Waals surface area contributed by atoms with Gasteiger partial charge in [0.1, 0.15) is 6.54 Å². The molecule has 0 rings (SSSR count). The summed E-state index contributed by atoms with van der Waals surface area (Å²) in [7, 11) is 1.12. The number of ether oxygens (including phenoxy) is 1. The molecule has 2 N–H and O–H groups in total. The van der Waals surface area contributed by atoms with E-state index in [0.29, 0.717) is 4.90 Å². The molecule has 0 spiro atoms. The van der Waals surface area contributed by atoms with Crippen molar-refractivity contribution in [2.75, 3.05) is 20.2 Å². The van der Waals surface area contributed by atoms with E-state index in [1.807, 2.05) is 0 Å². The Morgan fingerprint density at radius 2 is 1.94 bits per heavy atom. The number of hydrogen-bond donors (Lipinski definition) is 1. The summed E-state index contributed by atoms with van der Waals surface area (Å²) in [6, 6.07) is -0.995. The first-order valence-electron chi connectivity index (χ1n) is 5.39. The molecular weight excluding hydrogens is 253 g/mol. The Labute approximate surface area is 103 Å². The Kier molecular flexibility index (Phi) is 6.67. The van der Waals surface area contributed by atoms with E-state index in [1.165, 1.54) is 0 Å². The summed E-state index contributed by atoms with van der Waals surface area (Å²) in [6.07, 6.45) is -4.60. The molecule has 0 aliphatic rings. The summed E-state index contributed by atoms with van der Waals surface area (Å²) in [5.41, 5.74) is 5.40. The molecule has 1 amide bonds. The number of carbonyl (C=O) groups is 2. The van der Waals surface area contributed by atoms with Gasteiger partial charge in [-0.3, -0.25) is 9.59 Å². The van der Waals surface area contributed by atoms with Crippen molar-refractivity contribution in [2.45, 2.75) is 32.0 Å². The Bertz CT molecular complexity index is 295. The Morgan fingerprint density at radius 1 is 1.39 bits per heavy atom. The molecule has 106 valence electrons. The summed E-state index contributed by atoms with van der Waals surface area (Å²) in [4.78, 5) is 23.0. The van der Waals surface area contributed by atoms with Crippen LogP contribution in [0.3, 0.4) is 0 Å². The quantitative estimate of drug-likeness (QED) is 0.720. The second-order valence-electron chi connectivity index (χ2n) is 3.72. The minimum Gasteiger partial charge on any atom is -0.469 e. The van der Waals surface area contributed by atoms with Gasteiger partial charge in [-0.1, -0.05) is 6.92 Å². The van der Waals surface area contributed by atoms with E-state index in [9.17, 15) is 22.8 Å². The summed E-state index contributed by atoms with van der Waals surface area (Å²) < 4.78 is 41.2. The van der Waals surface area contributed by atoms with Crippen LogP contribution in [-0.2, 0) is 14.3 Å². The summed E-state index contributed by atoms with van der Waals surface area (Å²) in [5.74, 6) is -1.50. The molecule has 0 radical (unpaired) electrons. The van der Waals surface area contributed by atoms with Crippen molar-refractivity contribution in [3.8, 4) is 0 Å². The molecule has 0 saturated heterocycles. The third kappa shape index (κ3) is 6.43. The van der Waals surface area contributed by atoms with Crippen LogP contribution in [-0.4, -0.2) is 49.2 Å². The van der Waals surface area contributed by atoms with Crippen LogP contribution in [0.25, 0.3) is 0 Å². The van der Waals surface area contributed by atoms with Gasteiger partial charge in [0.2, 0.25) is 5.91 Å². The van der Waals surface area contributed by atoms with Crippen molar-refractivity contribution in [1.29, 1.82) is 0 Å². The zero-order chi connectivity index (χ0) is 14.3. The zero-order valence-corrected chi connectivity index (χ0v) is 10.3. The smallest absolute Gasteiger partial charge is 0.406 e. The molecule has 0 aliphatic carbocycles. The van der Waals surface area contributed by atoms with Crippen LogP contribution in [0.1, 0.15) is 19.8 Å². The summed E-state index contributed by atoms with van der Waals surface area (Å²) in [6.45, 7) is -0.191. The van der Waals surface area contributed by atoms with Crippen LogP contribution in [0.15, 0.2) is 0 Å². The van der Waals surface area contributed by atoms with Gasteiger partial charge in [0.25, 0.3) is 0 Å². The van der Waals surface area contributed by atoms with E-state index in [4.69, 9.17) is 5.73 Å². The van der Waals surface area contributed by atoms with Gasteiger partial charge in [-0.05, 0) is 6.42 Å². The van der Waals surface area contributed by atoms with E-state index in [2.05, 4.69) is 4.74 Å². The number of alkyl halides is 3. The molecule has 1 unspecified atom stereocenters. The number of nitrogens with zero attached hydrogens (tertiary/aromatic N) is 1. The molecule has 0 aliphatic heterocycles. The largest absolute Gasteiger partial charge is 0.469 e. The molecule has 0 fully saturated rings. The monoisotopic (exact) mass is 270 g/mol. The lowest BCUT2D eigenvalue weighted by atomic mass is 10.2. The highest BCUT2D eigenvalue weighted by atomic mass is 19.4. The second-order valence-corrected chi connectivity index (χ2v) is 3.72. The van der Waals surface area contributed by atoms with Gasteiger partial charge in [0.05, 0.1) is 19.6 Å². The number of methoxy groups -OCH3 is 1. The van der Waals surface area contributed by atoms with Gasteiger partial charge >= 0.3 is 12.1 Å². The number of hydrogen-bond acceptors (Lipinski definition) is 4. The maximum atomic E-state index is 12.3. The van der Waals surface area contributed by atoms with Crippen molar-refractivity contribution in [3.63, 3.8) is 0 Å². The van der Waals surface area contributed by atoms with Gasteiger partial charge < -0.3 is 15.4 Å². The highest BCUT2D eigenvalue weighted by Crippen LogP contribution is 2.17. The third-order valence-corrected chi connectivity index (χ3v) is 2.25. The van der Waals surface area contributed by atoms with Crippen molar-refractivity contribution in [3.05, 3.63) is 0 Å². The van der Waals surface area contributed by atoms with Gasteiger partial charge in [0.15, 0.2) is 0 Å². The van der Waals surface area contributed by atoms with Crippen LogP contribution >= 0.6 is 0 Å². The normalized spacial score (nSPS) is 13.0. The lowest BCUT2D eigenvalue weighted by molar-refractivity contribution is -0.163. The van der Waals surface area contributed by atoms with E-state index in [-0.39, 0.29) is 19.4 Å². The number of halogens is 3. The Balaban J connectivity index is 4.62. The molecule has 18 heavy (non-hydrogen) atoms. The SMILES string of the molecule is CCC(N)C(=O)N(CCC(=O)OC)CC(F)(F)F. The Morgan fingerprint density at radius 3 is 2.33 bits per heavy atom. The van der Waals surface area contributed by atoms with Crippen LogP contribution < -0.4 is 5.73 Å². The van der Waals surface area contributed by atoms with E-state index in [1.54, 1.807) is 6.92 Å². The molecule has 1 atom stereocenters. The average molecular weight is 270 g/mol. The fourth-order valence-electron chi connectivity index (χ4n) is 1.22. The van der Waals surface area contributed by atoms with Gasteiger partial charge in [0, 0.05) is 6.54 Å². The molecule has 0 aromatic rings. The first kappa shape index (κ1) is 16.7. The van der Waals surface area contributed by atoms with Crippen LogP contribution in [0.2, 0.25) is 0 Å². The second kappa shape index (κ2) is 7.20. The lowest BCUT2D eigenvalue weighted by Gasteiger charge is -2.25. The number of carbonyl (C=O) groups excluding carboxylic acids is 2. The predicted molar refractivity (Wildman–Crippen MR) is 57.5 cm³/mol. The number of rotatable bonds is 6. The average Bonchev–Trinajstić information content (AvgIpc) is 2.30. The van der Waals surface area contributed by atoms with Gasteiger partial charge in [-0.25, -0.2) is 0 Å². The summed E-state index contributed by atoms with van der Waals surface area (Å²) in [5, 5.41) is 0. The molecular formula is C10H17F3N2O3. The highest BCUT2D eigenvalue weighted by molar-refractivity contribution is 5.82. The standard InChI is InChI=1S/C10H17F3N2O3/c1-3-7(14)9(17)15(6-10(11,12)13)5-4-8(16)18-2/h7H,3-6,14H2,1-2H3.